The van der Waals surface area contributed by atoms with Crippen LogP contribution in [0.15, 0.2) is 71.8 Å². The molecule has 0 amide bonds. The number of nitrogens with zero attached hydrogens (tertiary/aromatic N) is 2. The van der Waals surface area contributed by atoms with Crippen LogP contribution >= 0.6 is 0 Å². The normalized spacial score (nSPS) is 11.6. The van der Waals surface area contributed by atoms with E-state index in [2.05, 4.69) is 24.8 Å². The second kappa shape index (κ2) is 9.94. The Morgan fingerprint density at radius 2 is 1.79 bits per heavy atom. The molecule has 0 aliphatic carbocycles. The molecule has 3 N–H and O–H groups in total. The molecule has 0 aliphatic rings. The van der Waals surface area contributed by atoms with Gasteiger partial charge < -0.3 is 24.4 Å². The average Bonchev–Trinajstić information content (AvgIpc) is 3.51. The fourth-order valence-corrected chi connectivity index (χ4v) is 4.07. The van der Waals surface area contributed by atoms with E-state index in [1.54, 1.807) is 13.3 Å². The SMILES string of the molecule is COCCN(CCOc1ccc2[nH]c(-c3cc4ccccc4[nH]c3=O)cc2c1)Cc1ncc[nH]1. The number of ether oxygens (including phenoxy) is 2. The molecule has 8 nitrogen and oxygen atoms in total. The maximum atomic E-state index is 12.7. The second-order valence-electron chi connectivity index (χ2n) is 8.18. The summed E-state index contributed by atoms with van der Waals surface area (Å²) in [5.74, 6) is 1.70. The Bertz CT molecular complexity index is 1440. The largest absolute Gasteiger partial charge is 0.492 e. The van der Waals surface area contributed by atoms with Gasteiger partial charge in [0.25, 0.3) is 5.56 Å². The molecule has 5 aromatic rings. The summed E-state index contributed by atoms with van der Waals surface area (Å²) < 4.78 is 11.3. The summed E-state index contributed by atoms with van der Waals surface area (Å²) in [6.45, 7) is 3.43. The number of hydrogen-bond donors (Lipinski definition) is 3. The Morgan fingerprint density at radius 3 is 2.65 bits per heavy atom. The molecule has 0 unspecified atom stereocenters. The Hall–Kier alpha value is -3.88. The number of aromatic amines is 3. The first-order chi connectivity index (χ1) is 16.7. The Labute approximate surface area is 196 Å². The number of fused-ring (bicyclic) bond motifs is 2. The smallest absolute Gasteiger partial charge is 0.257 e. The molecule has 0 aliphatic heterocycles. The lowest BCUT2D eigenvalue weighted by Gasteiger charge is -2.21. The molecule has 0 spiro atoms. The van der Waals surface area contributed by atoms with Crippen LogP contribution in [0.25, 0.3) is 33.1 Å². The van der Waals surface area contributed by atoms with Crippen molar-refractivity contribution in [2.75, 3.05) is 33.4 Å². The molecule has 2 aromatic carbocycles. The molecule has 0 bridgehead atoms. The molecule has 0 radical (unpaired) electrons. The Kier molecular flexibility index (Phi) is 6.42. The van der Waals surface area contributed by atoms with Gasteiger partial charge in [0, 0.05) is 49.0 Å². The standard InChI is InChI=1S/C26H27N5O3/c1-33-12-10-31(17-25-27-8-9-28-25)11-13-34-20-6-7-23-19(14-20)16-24(29-23)21-15-18-4-2-3-5-22(18)30-26(21)32/h2-9,14-16,29H,10-13,17H2,1H3,(H,27,28)(H,30,32). The van der Waals surface area contributed by atoms with Gasteiger partial charge in [-0.15, -0.1) is 0 Å². The third-order valence-electron chi connectivity index (χ3n) is 5.85. The quantitative estimate of drug-likeness (QED) is 0.295. The first kappa shape index (κ1) is 21.9. The van der Waals surface area contributed by atoms with Crippen molar-refractivity contribution in [2.24, 2.45) is 0 Å². The van der Waals surface area contributed by atoms with Gasteiger partial charge in [-0.2, -0.15) is 0 Å². The summed E-state index contributed by atoms with van der Waals surface area (Å²) in [7, 11) is 1.70. The highest BCUT2D eigenvalue weighted by atomic mass is 16.5. The van der Waals surface area contributed by atoms with Crippen molar-refractivity contribution in [1.29, 1.82) is 0 Å². The molecule has 0 saturated heterocycles. The summed E-state index contributed by atoms with van der Waals surface area (Å²) in [5, 5.41) is 1.99. The van der Waals surface area contributed by atoms with Gasteiger partial charge in [-0.1, -0.05) is 18.2 Å². The van der Waals surface area contributed by atoms with Gasteiger partial charge in [0.05, 0.1) is 24.4 Å². The van der Waals surface area contributed by atoms with Crippen LogP contribution in [0.2, 0.25) is 0 Å². The molecule has 8 heteroatoms. The van der Waals surface area contributed by atoms with Gasteiger partial charge in [-0.05, 0) is 41.8 Å². The highest BCUT2D eigenvalue weighted by Gasteiger charge is 2.11. The lowest BCUT2D eigenvalue weighted by atomic mass is 10.1. The van der Waals surface area contributed by atoms with E-state index in [0.29, 0.717) is 25.3 Å². The van der Waals surface area contributed by atoms with E-state index in [1.807, 2.05) is 60.8 Å². The van der Waals surface area contributed by atoms with Crippen molar-refractivity contribution in [3.05, 3.63) is 83.2 Å². The minimum absolute atomic E-state index is 0.116. The van der Waals surface area contributed by atoms with Crippen molar-refractivity contribution in [1.82, 2.24) is 24.8 Å². The number of H-pyrrole nitrogens is 3. The third-order valence-corrected chi connectivity index (χ3v) is 5.85. The minimum Gasteiger partial charge on any atom is -0.492 e. The van der Waals surface area contributed by atoms with E-state index in [-0.39, 0.29) is 5.56 Å². The van der Waals surface area contributed by atoms with E-state index < -0.39 is 0 Å². The zero-order valence-corrected chi connectivity index (χ0v) is 19.0. The van der Waals surface area contributed by atoms with E-state index >= 15 is 0 Å². The predicted octanol–water partition coefficient (Wildman–Crippen LogP) is 3.93. The monoisotopic (exact) mass is 457 g/mol. The van der Waals surface area contributed by atoms with Gasteiger partial charge in [0.1, 0.15) is 18.2 Å². The number of methoxy groups -OCH3 is 1. The van der Waals surface area contributed by atoms with Crippen LogP contribution < -0.4 is 10.3 Å². The Morgan fingerprint density at radius 1 is 0.941 bits per heavy atom. The van der Waals surface area contributed by atoms with Gasteiger partial charge in [-0.3, -0.25) is 9.69 Å². The summed E-state index contributed by atoms with van der Waals surface area (Å²) in [6.07, 6.45) is 3.58. The molecule has 34 heavy (non-hydrogen) atoms. The molecule has 5 rings (SSSR count). The van der Waals surface area contributed by atoms with Crippen molar-refractivity contribution < 1.29 is 9.47 Å². The molecule has 0 fully saturated rings. The van der Waals surface area contributed by atoms with Crippen molar-refractivity contribution >= 4 is 21.8 Å². The first-order valence-electron chi connectivity index (χ1n) is 11.3. The van der Waals surface area contributed by atoms with E-state index in [0.717, 1.165) is 52.2 Å². The average molecular weight is 458 g/mol. The number of para-hydroxylation sites is 1. The molecule has 3 aromatic heterocycles. The van der Waals surface area contributed by atoms with Crippen LogP contribution in [0.1, 0.15) is 5.82 Å². The van der Waals surface area contributed by atoms with Gasteiger partial charge in [0.2, 0.25) is 0 Å². The molecule has 174 valence electrons. The maximum absolute atomic E-state index is 12.7. The number of imidazole rings is 1. The number of rotatable bonds is 10. The van der Waals surface area contributed by atoms with Gasteiger partial charge in [-0.25, -0.2) is 4.98 Å². The molecule has 3 heterocycles. The lowest BCUT2D eigenvalue weighted by Crippen LogP contribution is -2.31. The molecule has 0 atom stereocenters. The fraction of sp³-hybridized carbons (Fsp3) is 0.231. The molecular weight excluding hydrogens is 430 g/mol. The van der Waals surface area contributed by atoms with Crippen molar-refractivity contribution in [3.8, 4) is 17.0 Å². The fourth-order valence-electron chi connectivity index (χ4n) is 4.07. The van der Waals surface area contributed by atoms with Crippen LogP contribution in [0.5, 0.6) is 5.75 Å². The van der Waals surface area contributed by atoms with Crippen LogP contribution in [0, 0.1) is 0 Å². The summed E-state index contributed by atoms with van der Waals surface area (Å²) in [5.41, 5.74) is 3.06. The first-order valence-corrected chi connectivity index (χ1v) is 11.3. The maximum Gasteiger partial charge on any atom is 0.257 e. The highest BCUT2D eigenvalue weighted by Crippen LogP contribution is 2.27. The minimum atomic E-state index is -0.116. The summed E-state index contributed by atoms with van der Waals surface area (Å²) in [6, 6.07) is 17.6. The van der Waals surface area contributed by atoms with E-state index in [4.69, 9.17) is 9.47 Å². The van der Waals surface area contributed by atoms with Crippen LogP contribution in [0.4, 0.5) is 0 Å². The zero-order valence-electron chi connectivity index (χ0n) is 19.0. The van der Waals surface area contributed by atoms with Crippen LogP contribution in [0.3, 0.4) is 0 Å². The van der Waals surface area contributed by atoms with Crippen LogP contribution in [-0.2, 0) is 11.3 Å². The number of hydrogen-bond acceptors (Lipinski definition) is 5. The topological polar surface area (TPSA) is 99.0 Å². The van der Waals surface area contributed by atoms with Crippen molar-refractivity contribution in [2.45, 2.75) is 6.54 Å². The van der Waals surface area contributed by atoms with Crippen molar-refractivity contribution in [3.63, 3.8) is 0 Å². The van der Waals surface area contributed by atoms with E-state index in [9.17, 15) is 4.79 Å². The number of pyridine rings is 1. The number of nitrogens with one attached hydrogen (secondary N) is 3. The molecular formula is C26H27N5O3. The number of aromatic nitrogens is 4. The van der Waals surface area contributed by atoms with Gasteiger partial charge >= 0.3 is 0 Å². The summed E-state index contributed by atoms with van der Waals surface area (Å²) >= 11 is 0. The number of benzene rings is 2. The van der Waals surface area contributed by atoms with Gasteiger partial charge in [0.15, 0.2) is 0 Å². The van der Waals surface area contributed by atoms with Crippen LogP contribution in [-0.4, -0.2) is 58.2 Å². The zero-order chi connectivity index (χ0) is 23.3. The van der Waals surface area contributed by atoms with E-state index in [1.165, 1.54) is 0 Å². The predicted molar refractivity (Wildman–Crippen MR) is 133 cm³/mol. The lowest BCUT2D eigenvalue weighted by molar-refractivity contribution is 0.129. The highest BCUT2D eigenvalue weighted by molar-refractivity contribution is 5.89. The Balaban J connectivity index is 1.29. The summed E-state index contributed by atoms with van der Waals surface area (Å²) in [4.78, 5) is 28.7. The second-order valence-corrected chi connectivity index (χ2v) is 8.18. The third kappa shape index (κ3) is 4.88. The molecule has 0 saturated carbocycles.